The van der Waals surface area contributed by atoms with E-state index in [1.165, 1.54) is 4.90 Å². The van der Waals surface area contributed by atoms with Crippen molar-refractivity contribution >= 4 is 44.2 Å². The highest BCUT2D eigenvalue weighted by atomic mass is 79.9. The number of hydrogen-bond acceptors (Lipinski definition) is 3. The fourth-order valence-corrected chi connectivity index (χ4v) is 3.55. The second-order valence-corrected chi connectivity index (χ2v) is 6.17. The Kier molecular flexibility index (Phi) is 2.87. The minimum atomic E-state index is -0.477. The molecule has 4 nitrogen and oxygen atoms in total. The fourth-order valence-electron chi connectivity index (χ4n) is 3.08. The first kappa shape index (κ1) is 13.0. The number of halogens is 1. The average Bonchev–Trinajstić information content (AvgIpc) is 2.95. The zero-order valence-electron chi connectivity index (χ0n) is 11.1. The lowest BCUT2D eigenvalue weighted by Crippen LogP contribution is -2.52. The van der Waals surface area contributed by atoms with Gasteiger partial charge in [0.15, 0.2) is 0 Å². The Balaban J connectivity index is 1.92. The third kappa shape index (κ3) is 1.84. The SMILES string of the molecule is O=C1C2CCC(O2)C(=O)N1c1ccc(Br)c2ccccc12. The van der Waals surface area contributed by atoms with Gasteiger partial charge in [0.25, 0.3) is 11.8 Å². The summed E-state index contributed by atoms with van der Waals surface area (Å²) in [5, 5.41) is 1.87. The van der Waals surface area contributed by atoms with Gasteiger partial charge in [0, 0.05) is 9.86 Å². The molecule has 2 saturated heterocycles. The van der Waals surface area contributed by atoms with Gasteiger partial charge in [-0.2, -0.15) is 0 Å². The Morgan fingerprint density at radius 1 is 0.952 bits per heavy atom. The van der Waals surface area contributed by atoms with Crippen LogP contribution in [0, 0.1) is 0 Å². The number of fused-ring (bicyclic) bond motifs is 3. The smallest absolute Gasteiger partial charge is 0.263 e. The number of hydrogen-bond donors (Lipinski definition) is 0. The predicted molar refractivity (Wildman–Crippen MR) is 82.0 cm³/mol. The van der Waals surface area contributed by atoms with E-state index in [9.17, 15) is 9.59 Å². The van der Waals surface area contributed by atoms with Gasteiger partial charge < -0.3 is 4.74 Å². The normalized spacial score (nSPS) is 24.9. The molecule has 0 aliphatic carbocycles. The molecule has 4 rings (SSSR count). The topological polar surface area (TPSA) is 46.6 Å². The fraction of sp³-hybridized carbons (Fsp3) is 0.250. The maximum Gasteiger partial charge on any atom is 0.263 e. The summed E-state index contributed by atoms with van der Waals surface area (Å²) in [4.78, 5) is 26.3. The number of nitrogens with zero attached hydrogens (tertiary/aromatic N) is 1. The largest absolute Gasteiger partial charge is 0.355 e. The van der Waals surface area contributed by atoms with E-state index in [4.69, 9.17) is 4.74 Å². The summed E-state index contributed by atoms with van der Waals surface area (Å²) in [5.41, 5.74) is 0.643. The Hall–Kier alpha value is -1.72. The van der Waals surface area contributed by atoms with Crippen molar-refractivity contribution in [3.05, 3.63) is 40.9 Å². The molecule has 2 fully saturated rings. The molecular formula is C16H12BrNO3. The van der Waals surface area contributed by atoms with Crippen LogP contribution >= 0.6 is 15.9 Å². The molecular weight excluding hydrogens is 334 g/mol. The number of benzene rings is 2. The van der Waals surface area contributed by atoms with E-state index in [0.717, 1.165) is 15.2 Å². The number of imide groups is 1. The van der Waals surface area contributed by atoms with Gasteiger partial charge in [0.2, 0.25) is 0 Å². The third-order valence-electron chi connectivity index (χ3n) is 4.10. The zero-order valence-corrected chi connectivity index (χ0v) is 12.7. The van der Waals surface area contributed by atoms with E-state index >= 15 is 0 Å². The molecule has 2 aromatic rings. The second kappa shape index (κ2) is 4.64. The molecule has 2 bridgehead atoms. The summed E-state index contributed by atoms with van der Waals surface area (Å²) < 4.78 is 6.40. The average molecular weight is 346 g/mol. The van der Waals surface area contributed by atoms with Gasteiger partial charge in [-0.3, -0.25) is 9.59 Å². The molecule has 2 aliphatic rings. The molecule has 0 radical (unpaired) electrons. The summed E-state index contributed by atoms with van der Waals surface area (Å²) in [6.07, 6.45) is 0.297. The van der Waals surface area contributed by atoms with Crippen molar-refractivity contribution in [3.63, 3.8) is 0 Å². The summed E-state index contributed by atoms with van der Waals surface area (Å²) in [7, 11) is 0. The number of morpholine rings is 1. The molecule has 2 heterocycles. The first-order chi connectivity index (χ1) is 10.2. The van der Waals surface area contributed by atoms with Gasteiger partial charge in [-0.25, -0.2) is 4.90 Å². The lowest BCUT2D eigenvalue weighted by atomic mass is 10.1. The molecule has 2 unspecified atom stereocenters. The first-order valence-electron chi connectivity index (χ1n) is 6.87. The molecule has 0 aromatic heterocycles. The Morgan fingerprint density at radius 3 is 2.24 bits per heavy atom. The van der Waals surface area contributed by atoms with Crippen molar-refractivity contribution in [1.82, 2.24) is 0 Å². The monoisotopic (exact) mass is 345 g/mol. The molecule has 2 atom stereocenters. The van der Waals surface area contributed by atoms with Crippen LogP contribution in [0.15, 0.2) is 40.9 Å². The summed E-state index contributed by atoms with van der Waals surface area (Å²) >= 11 is 3.51. The Labute approximate surface area is 129 Å². The van der Waals surface area contributed by atoms with Crippen molar-refractivity contribution in [1.29, 1.82) is 0 Å². The van der Waals surface area contributed by atoms with Crippen LogP contribution in [0.4, 0.5) is 5.69 Å². The van der Waals surface area contributed by atoms with E-state index in [-0.39, 0.29) is 11.8 Å². The van der Waals surface area contributed by atoms with Crippen LogP contribution in [-0.2, 0) is 14.3 Å². The summed E-state index contributed by atoms with van der Waals surface area (Å²) in [6.45, 7) is 0. The van der Waals surface area contributed by atoms with Crippen LogP contribution in [-0.4, -0.2) is 24.0 Å². The van der Waals surface area contributed by atoms with E-state index in [1.807, 2.05) is 36.4 Å². The van der Waals surface area contributed by atoms with Gasteiger partial charge in [0.1, 0.15) is 12.2 Å². The summed E-state index contributed by atoms with van der Waals surface area (Å²) in [5.74, 6) is -0.498. The number of rotatable bonds is 1. The molecule has 2 amide bonds. The van der Waals surface area contributed by atoms with Crippen LogP contribution in [0.25, 0.3) is 10.8 Å². The highest BCUT2D eigenvalue weighted by Crippen LogP contribution is 2.37. The van der Waals surface area contributed by atoms with Crippen molar-refractivity contribution in [2.75, 3.05) is 4.90 Å². The van der Waals surface area contributed by atoms with Crippen molar-refractivity contribution < 1.29 is 14.3 Å². The zero-order chi connectivity index (χ0) is 14.6. The molecule has 0 spiro atoms. The van der Waals surface area contributed by atoms with Crippen molar-refractivity contribution in [3.8, 4) is 0 Å². The predicted octanol–water partition coefficient (Wildman–Crippen LogP) is 3.02. The third-order valence-corrected chi connectivity index (χ3v) is 4.79. The molecule has 0 saturated carbocycles. The number of amides is 2. The van der Waals surface area contributed by atoms with Crippen LogP contribution < -0.4 is 4.90 Å². The van der Waals surface area contributed by atoms with Gasteiger partial charge >= 0.3 is 0 Å². The van der Waals surface area contributed by atoms with Crippen LogP contribution in [0.2, 0.25) is 0 Å². The number of carbonyl (C=O) groups is 2. The highest BCUT2D eigenvalue weighted by molar-refractivity contribution is 9.10. The van der Waals surface area contributed by atoms with E-state index in [0.29, 0.717) is 18.5 Å². The minimum absolute atomic E-state index is 0.249. The van der Waals surface area contributed by atoms with Crippen molar-refractivity contribution in [2.45, 2.75) is 25.0 Å². The van der Waals surface area contributed by atoms with Crippen molar-refractivity contribution in [2.24, 2.45) is 0 Å². The second-order valence-electron chi connectivity index (χ2n) is 5.31. The summed E-state index contributed by atoms with van der Waals surface area (Å²) in [6, 6.07) is 11.4. The quantitative estimate of drug-likeness (QED) is 0.746. The number of carbonyl (C=O) groups excluding carboxylic acids is 2. The molecule has 106 valence electrons. The lowest BCUT2D eigenvalue weighted by Gasteiger charge is -2.30. The molecule has 5 heteroatoms. The van der Waals surface area contributed by atoms with E-state index in [2.05, 4.69) is 15.9 Å². The maximum absolute atomic E-state index is 12.5. The maximum atomic E-state index is 12.5. The standard InChI is InChI=1S/C16H12BrNO3/c17-11-5-6-12(10-4-2-1-3-9(10)11)18-15(19)13-7-8-14(21-13)16(18)20/h1-6,13-14H,7-8H2. The van der Waals surface area contributed by atoms with E-state index < -0.39 is 12.2 Å². The minimum Gasteiger partial charge on any atom is -0.355 e. The Morgan fingerprint density at radius 2 is 1.57 bits per heavy atom. The van der Waals surface area contributed by atoms with Crippen LogP contribution in [0.5, 0.6) is 0 Å². The van der Waals surface area contributed by atoms with Crippen LogP contribution in [0.3, 0.4) is 0 Å². The molecule has 21 heavy (non-hydrogen) atoms. The van der Waals surface area contributed by atoms with Gasteiger partial charge in [-0.15, -0.1) is 0 Å². The van der Waals surface area contributed by atoms with Gasteiger partial charge in [-0.05, 0) is 30.4 Å². The van der Waals surface area contributed by atoms with Gasteiger partial charge in [0.05, 0.1) is 5.69 Å². The first-order valence-corrected chi connectivity index (χ1v) is 7.66. The number of ether oxygens (including phenoxy) is 1. The molecule has 2 aromatic carbocycles. The highest BCUT2D eigenvalue weighted by Gasteiger charge is 2.47. The lowest BCUT2D eigenvalue weighted by molar-refractivity contribution is -0.146. The molecule has 2 aliphatic heterocycles. The number of anilines is 1. The molecule has 0 N–H and O–H groups in total. The van der Waals surface area contributed by atoms with E-state index in [1.54, 1.807) is 0 Å². The Bertz CT molecular complexity index is 751. The van der Waals surface area contributed by atoms with Gasteiger partial charge in [-0.1, -0.05) is 40.2 Å². The van der Waals surface area contributed by atoms with Crippen LogP contribution in [0.1, 0.15) is 12.8 Å².